The molecule has 1 aromatic rings. The molecule has 0 unspecified atom stereocenters. The minimum Gasteiger partial charge on any atom is -0.0843 e. The second-order valence-corrected chi connectivity index (χ2v) is 3.43. The van der Waals surface area contributed by atoms with Crippen LogP contribution in [-0.4, -0.2) is 0 Å². The first kappa shape index (κ1) is 8.61. The maximum Gasteiger partial charge on any atom is 0.0408 e. The first-order valence-corrected chi connectivity index (χ1v) is 4.10. The average Bonchev–Trinajstić information content (AvgIpc) is 1.85. The van der Waals surface area contributed by atoms with Gasteiger partial charge in [0.05, 0.1) is 0 Å². The van der Waals surface area contributed by atoms with Crippen molar-refractivity contribution in [3.05, 3.63) is 41.3 Å². The number of rotatable bonds is 1. The van der Waals surface area contributed by atoms with Gasteiger partial charge in [-0.1, -0.05) is 31.5 Å². The van der Waals surface area contributed by atoms with Crippen molar-refractivity contribution in [2.45, 2.75) is 19.8 Å². The van der Waals surface area contributed by atoms with Crippen LogP contribution in [0.15, 0.2) is 18.2 Å². The summed E-state index contributed by atoms with van der Waals surface area (Å²) in [6, 6.07) is 5.85. The van der Waals surface area contributed by atoms with E-state index < -0.39 is 0 Å². The van der Waals surface area contributed by atoms with Crippen molar-refractivity contribution in [2.24, 2.45) is 0 Å². The van der Waals surface area contributed by atoms with Crippen molar-refractivity contribution in [2.75, 3.05) is 0 Å². The predicted molar refractivity (Wildman–Crippen MR) is 50.0 cm³/mol. The van der Waals surface area contributed by atoms with Crippen LogP contribution < -0.4 is 0 Å². The fraction of sp³-hybridized carbons (Fsp3) is 0.300. The fourth-order valence-corrected chi connectivity index (χ4v) is 1.33. The molecule has 0 aliphatic rings. The summed E-state index contributed by atoms with van der Waals surface area (Å²) in [7, 11) is 0. The molecule has 0 aliphatic carbocycles. The molecular formula is C10H12Cl. The van der Waals surface area contributed by atoms with Gasteiger partial charge in [-0.15, -0.1) is 0 Å². The van der Waals surface area contributed by atoms with Crippen LogP contribution in [-0.2, 0) is 0 Å². The standard InChI is InChI=1S/C10H12Cl/c1-7(2)10-5-4-9(11)6-8(10)3/h4-7H,3H2,1-2H3. The molecule has 1 heteroatoms. The molecule has 11 heavy (non-hydrogen) atoms. The Hall–Kier alpha value is -0.490. The molecule has 0 aromatic heterocycles. The molecule has 0 saturated carbocycles. The third-order valence-electron chi connectivity index (χ3n) is 1.73. The van der Waals surface area contributed by atoms with Gasteiger partial charge >= 0.3 is 0 Å². The van der Waals surface area contributed by atoms with Crippen molar-refractivity contribution >= 4 is 11.6 Å². The highest BCUT2D eigenvalue weighted by atomic mass is 35.5. The molecule has 0 atom stereocenters. The van der Waals surface area contributed by atoms with Gasteiger partial charge in [-0.2, -0.15) is 0 Å². The maximum atomic E-state index is 5.78. The molecule has 0 spiro atoms. The number of halogens is 1. The van der Waals surface area contributed by atoms with Crippen LogP contribution in [0.25, 0.3) is 0 Å². The minimum absolute atomic E-state index is 0.528. The second kappa shape index (κ2) is 3.27. The zero-order valence-corrected chi connectivity index (χ0v) is 7.65. The largest absolute Gasteiger partial charge is 0.0843 e. The van der Waals surface area contributed by atoms with E-state index >= 15 is 0 Å². The van der Waals surface area contributed by atoms with E-state index in [9.17, 15) is 0 Å². The molecule has 0 aliphatic heterocycles. The highest BCUT2D eigenvalue weighted by molar-refractivity contribution is 6.30. The lowest BCUT2D eigenvalue weighted by molar-refractivity contribution is 0.862. The van der Waals surface area contributed by atoms with Gasteiger partial charge in [0.2, 0.25) is 0 Å². The molecular weight excluding hydrogens is 156 g/mol. The second-order valence-electron chi connectivity index (χ2n) is 3.00. The molecule has 0 bridgehead atoms. The average molecular weight is 168 g/mol. The Kier molecular flexibility index (Phi) is 2.56. The Bertz CT molecular complexity index is 251. The zero-order valence-electron chi connectivity index (χ0n) is 6.89. The van der Waals surface area contributed by atoms with Crippen molar-refractivity contribution in [3.8, 4) is 0 Å². The van der Waals surface area contributed by atoms with Gasteiger partial charge in [0.15, 0.2) is 0 Å². The smallest absolute Gasteiger partial charge is 0.0408 e. The van der Waals surface area contributed by atoms with Crippen LogP contribution >= 0.6 is 11.6 Å². The highest BCUT2D eigenvalue weighted by Gasteiger charge is 2.02. The van der Waals surface area contributed by atoms with Gasteiger partial charge in [0, 0.05) is 5.02 Å². The normalized spacial score (nSPS) is 10.6. The molecule has 0 fully saturated rings. The van der Waals surface area contributed by atoms with E-state index in [2.05, 4.69) is 20.8 Å². The number of benzene rings is 1. The molecule has 0 amide bonds. The monoisotopic (exact) mass is 167 g/mol. The lowest BCUT2D eigenvalue weighted by Gasteiger charge is -2.08. The molecule has 0 N–H and O–H groups in total. The third kappa shape index (κ3) is 1.97. The van der Waals surface area contributed by atoms with Crippen molar-refractivity contribution in [1.82, 2.24) is 0 Å². The van der Waals surface area contributed by atoms with Gasteiger partial charge in [0.25, 0.3) is 0 Å². The number of hydrogen-bond acceptors (Lipinski definition) is 0. The summed E-state index contributed by atoms with van der Waals surface area (Å²) >= 11 is 5.78. The van der Waals surface area contributed by atoms with Crippen LogP contribution in [0.1, 0.15) is 30.9 Å². The van der Waals surface area contributed by atoms with Gasteiger partial charge in [-0.25, -0.2) is 0 Å². The van der Waals surface area contributed by atoms with E-state index in [4.69, 9.17) is 11.6 Å². The Balaban J connectivity index is 3.09. The van der Waals surface area contributed by atoms with Crippen LogP contribution in [0.4, 0.5) is 0 Å². The first-order chi connectivity index (χ1) is 5.11. The molecule has 1 aromatic carbocycles. The van der Waals surface area contributed by atoms with E-state index in [1.54, 1.807) is 0 Å². The maximum absolute atomic E-state index is 5.78. The molecule has 0 heterocycles. The topological polar surface area (TPSA) is 0 Å². The quantitative estimate of drug-likeness (QED) is 0.599. The van der Waals surface area contributed by atoms with Crippen LogP contribution in [0.5, 0.6) is 0 Å². The van der Waals surface area contributed by atoms with Gasteiger partial charge in [-0.3, -0.25) is 0 Å². The van der Waals surface area contributed by atoms with E-state index in [1.807, 2.05) is 18.2 Å². The van der Waals surface area contributed by atoms with Crippen molar-refractivity contribution in [3.63, 3.8) is 0 Å². The summed E-state index contributed by atoms with van der Waals surface area (Å²) < 4.78 is 0. The Morgan fingerprint density at radius 3 is 2.45 bits per heavy atom. The van der Waals surface area contributed by atoms with E-state index in [0.717, 1.165) is 10.6 Å². The van der Waals surface area contributed by atoms with Crippen LogP contribution in [0.2, 0.25) is 5.02 Å². The third-order valence-corrected chi connectivity index (χ3v) is 1.96. The fourth-order valence-electron chi connectivity index (χ4n) is 1.14. The lowest BCUT2D eigenvalue weighted by Crippen LogP contribution is -1.90. The summed E-state index contributed by atoms with van der Waals surface area (Å²) in [5.74, 6) is 0.528. The molecule has 1 radical (unpaired) electrons. The summed E-state index contributed by atoms with van der Waals surface area (Å²) in [6.45, 7) is 8.22. The molecule has 0 saturated heterocycles. The molecule has 1 rings (SSSR count). The summed E-state index contributed by atoms with van der Waals surface area (Å²) in [4.78, 5) is 0. The van der Waals surface area contributed by atoms with Gasteiger partial charge < -0.3 is 0 Å². The molecule has 59 valence electrons. The zero-order chi connectivity index (χ0) is 8.43. The van der Waals surface area contributed by atoms with E-state index in [-0.39, 0.29) is 0 Å². The Morgan fingerprint density at radius 1 is 1.36 bits per heavy atom. The van der Waals surface area contributed by atoms with Crippen LogP contribution in [0, 0.1) is 6.92 Å². The predicted octanol–water partition coefficient (Wildman–Crippen LogP) is 3.65. The minimum atomic E-state index is 0.528. The summed E-state index contributed by atoms with van der Waals surface area (Å²) in [5, 5.41) is 0.763. The van der Waals surface area contributed by atoms with Crippen molar-refractivity contribution in [1.29, 1.82) is 0 Å². The van der Waals surface area contributed by atoms with Gasteiger partial charge in [0.1, 0.15) is 0 Å². The van der Waals surface area contributed by atoms with E-state index in [0.29, 0.717) is 5.92 Å². The molecule has 0 nitrogen and oxygen atoms in total. The lowest BCUT2D eigenvalue weighted by atomic mass is 9.98. The number of hydrogen-bond donors (Lipinski definition) is 0. The van der Waals surface area contributed by atoms with Crippen LogP contribution in [0.3, 0.4) is 0 Å². The SMILES string of the molecule is [CH2]c1cc(Cl)ccc1C(C)C. The van der Waals surface area contributed by atoms with E-state index in [1.165, 1.54) is 5.56 Å². The van der Waals surface area contributed by atoms with Gasteiger partial charge in [-0.05, 0) is 36.1 Å². The summed E-state index contributed by atoms with van der Waals surface area (Å²) in [5.41, 5.74) is 2.31. The Morgan fingerprint density at radius 2 is 2.00 bits per heavy atom. The Labute approximate surface area is 73.2 Å². The highest BCUT2D eigenvalue weighted by Crippen LogP contribution is 2.21. The van der Waals surface area contributed by atoms with Crippen molar-refractivity contribution < 1.29 is 0 Å². The first-order valence-electron chi connectivity index (χ1n) is 3.72. The summed E-state index contributed by atoms with van der Waals surface area (Å²) in [6.07, 6.45) is 0.